The van der Waals surface area contributed by atoms with E-state index < -0.39 is 12.1 Å². The molecule has 1 aromatic carbocycles. The van der Waals surface area contributed by atoms with E-state index in [-0.39, 0.29) is 5.78 Å². The number of aryl methyl sites for hydroxylation is 1. The van der Waals surface area contributed by atoms with E-state index in [1.54, 1.807) is 31.2 Å². The van der Waals surface area contributed by atoms with Crippen LogP contribution in [0, 0.1) is 0 Å². The summed E-state index contributed by atoms with van der Waals surface area (Å²) in [7, 11) is 0. The first-order valence-corrected chi connectivity index (χ1v) is 10.7. The minimum atomic E-state index is -0.720. The number of nitrogens with zero attached hydrogens (tertiary/aromatic N) is 2. The van der Waals surface area contributed by atoms with Gasteiger partial charge in [-0.2, -0.15) is 0 Å². The second kappa shape index (κ2) is 12.1. The SMILES string of the molecule is CCCCCCc1cnc(-c2ccc(C(=O)OC(C)C(=O)CCCC)cc2)nc1. The Kier molecular flexibility index (Phi) is 9.48. The first kappa shape index (κ1) is 22.7. The topological polar surface area (TPSA) is 69.2 Å². The van der Waals surface area contributed by atoms with E-state index in [4.69, 9.17) is 4.74 Å². The van der Waals surface area contributed by atoms with Crippen LogP contribution in [0.25, 0.3) is 11.4 Å². The molecule has 0 bridgehead atoms. The Morgan fingerprint density at radius 1 is 0.931 bits per heavy atom. The Morgan fingerprint density at radius 3 is 2.21 bits per heavy atom. The van der Waals surface area contributed by atoms with Crippen molar-refractivity contribution in [2.45, 2.75) is 78.2 Å². The summed E-state index contributed by atoms with van der Waals surface area (Å²) in [6, 6.07) is 6.97. The van der Waals surface area contributed by atoms with Crippen molar-refractivity contribution in [2.24, 2.45) is 0 Å². The van der Waals surface area contributed by atoms with Crippen LogP contribution in [-0.4, -0.2) is 27.8 Å². The van der Waals surface area contributed by atoms with Crippen molar-refractivity contribution in [3.8, 4) is 11.4 Å². The average Bonchev–Trinajstić information content (AvgIpc) is 2.75. The summed E-state index contributed by atoms with van der Waals surface area (Å²) in [5.41, 5.74) is 2.40. The third kappa shape index (κ3) is 7.41. The van der Waals surface area contributed by atoms with Gasteiger partial charge in [-0.15, -0.1) is 0 Å². The molecule has 0 aliphatic heterocycles. The Hall–Kier alpha value is -2.56. The lowest BCUT2D eigenvalue weighted by molar-refractivity contribution is -0.127. The Morgan fingerprint density at radius 2 is 1.59 bits per heavy atom. The molecule has 156 valence electrons. The maximum absolute atomic E-state index is 12.3. The number of Topliss-reactive ketones (excluding diaryl/α,β-unsaturated/α-hetero) is 1. The van der Waals surface area contributed by atoms with Crippen LogP contribution in [0.1, 0.15) is 81.6 Å². The van der Waals surface area contributed by atoms with Gasteiger partial charge in [0.25, 0.3) is 0 Å². The second-order valence-corrected chi connectivity index (χ2v) is 7.42. The summed E-state index contributed by atoms with van der Waals surface area (Å²) >= 11 is 0. The average molecular weight is 397 g/mol. The fourth-order valence-electron chi connectivity index (χ4n) is 2.99. The normalized spacial score (nSPS) is 11.8. The van der Waals surface area contributed by atoms with Crippen LogP contribution in [0.3, 0.4) is 0 Å². The molecule has 0 fully saturated rings. The van der Waals surface area contributed by atoms with E-state index in [2.05, 4.69) is 16.9 Å². The molecule has 1 atom stereocenters. The van der Waals surface area contributed by atoms with Crippen LogP contribution in [0.4, 0.5) is 0 Å². The zero-order valence-electron chi connectivity index (χ0n) is 17.8. The number of benzene rings is 1. The first-order chi connectivity index (χ1) is 14.0. The number of aromatic nitrogens is 2. The molecular weight excluding hydrogens is 364 g/mol. The summed E-state index contributed by atoms with van der Waals surface area (Å²) < 4.78 is 5.29. The lowest BCUT2D eigenvalue weighted by Crippen LogP contribution is -2.24. The van der Waals surface area contributed by atoms with Crippen LogP contribution in [0.5, 0.6) is 0 Å². The first-order valence-electron chi connectivity index (χ1n) is 10.7. The molecule has 0 aliphatic rings. The lowest BCUT2D eigenvalue weighted by atomic mass is 10.1. The summed E-state index contributed by atoms with van der Waals surface area (Å²) in [6.07, 6.45) is 11.1. The summed E-state index contributed by atoms with van der Waals surface area (Å²) in [6.45, 7) is 5.86. The van der Waals surface area contributed by atoms with Crippen molar-refractivity contribution < 1.29 is 14.3 Å². The molecule has 29 heavy (non-hydrogen) atoms. The molecule has 0 aliphatic carbocycles. The van der Waals surface area contributed by atoms with E-state index in [1.165, 1.54) is 19.3 Å². The van der Waals surface area contributed by atoms with Crippen molar-refractivity contribution in [3.63, 3.8) is 0 Å². The molecule has 0 radical (unpaired) electrons. The smallest absolute Gasteiger partial charge is 0.338 e. The number of carbonyl (C=O) groups is 2. The molecule has 5 heteroatoms. The highest BCUT2D eigenvalue weighted by Gasteiger charge is 2.18. The summed E-state index contributed by atoms with van der Waals surface area (Å²) in [5.74, 6) is 0.0996. The molecule has 0 spiro atoms. The van der Waals surface area contributed by atoms with Crippen LogP contribution in [0.2, 0.25) is 0 Å². The van der Waals surface area contributed by atoms with E-state index in [9.17, 15) is 9.59 Å². The van der Waals surface area contributed by atoms with Crippen molar-refractivity contribution >= 4 is 11.8 Å². The van der Waals surface area contributed by atoms with Crippen LogP contribution in [0.15, 0.2) is 36.7 Å². The largest absolute Gasteiger partial charge is 0.451 e. The molecule has 1 heterocycles. The summed E-state index contributed by atoms with van der Waals surface area (Å²) in [4.78, 5) is 33.1. The van der Waals surface area contributed by atoms with Gasteiger partial charge in [0.1, 0.15) is 0 Å². The van der Waals surface area contributed by atoms with Gasteiger partial charge >= 0.3 is 5.97 Å². The van der Waals surface area contributed by atoms with E-state index in [0.717, 1.165) is 36.8 Å². The highest BCUT2D eigenvalue weighted by molar-refractivity contribution is 5.93. The number of ether oxygens (including phenoxy) is 1. The molecule has 0 saturated carbocycles. The second-order valence-electron chi connectivity index (χ2n) is 7.42. The standard InChI is InChI=1S/C24H32N2O3/c1-4-6-8-9-10-19-16-25-23(26-17-19)20-12-14-21(15-13-20)24(28)29-18(3)22(27)11-7-5-2/h12-18H,4-11H2,1-3H3. The molecule has 5 nitrogen and oxygen atoms in total. The molecule has 2 rings (SSSR count). The van der Waals surface area contributed by atoms with Gasteiger partial charge in [0, 0.05) is 24.4 Å². The van der Waals surface area contributed by atoms with Gasteiger partial charge in [-0.3, -0.25) is 4.79 Å². The van der Waals surface area contributed by atoms with Crippen molar-refractivity contribution in [1.82, 2.24) is 9.97 Å². The highest BCUT2D eigenvalue weighted by Crippen LogP contribution is 2.17. The van der Waals surface area contributed by atoms with E-state index in [0.29, 0.717) is 17.8 Å². The van der Waals surface area contributed by atoms with Gasteiger partial charge in [0.2, 0.25) is 0 Å². The Bertz CT molecular complexity index is 770. The zero-order valence-corrected chi connectivity index (χ0v) is 17.8. The number of hydrogen-bond donors (Lipinski definition) is 0. The number of rotatable bonds is 12. The van der Waals surface area contributed by atoms with Crippen LogP contribution < -0.4 is 0 Å². The molecular formula is C24H32N2O3. The minimum Gasteiger partial charge on any atom is -0.451 e. The fourth-order valence-corrected chi connectivity index (χ4v) is 2.99. The zero-order chi connectivity index (χ0) is 21.1. The number of esters is 1. The fraction of sp³-hybridized carbons (Fsp3) is 0.500. The van der Waals surface area contributed by atoms with E-state index >= 15 is 0 Å². The lowest BCUT2D eigenvalue weighted by Gasteiger charge is -2.12. The Labute approximate surface area is 173 Å². The third-order valence-electron chi connectivity index (χ3n) is 4.92. The van der Waals surface area contributed by atoms with Gasteiger partial charge in [-0.05, 0) is 43.9 Å². The van der Waals surface area contributed by atoms with E-state index in [1.807, 2.05) is 19.3 Å². The molecule has 0 saturated heterocycles. The number of carbonyl (C=O) groups excluding carboxylic acids is 2. The maximum atomic E-state index is 12.3. The van der Waals surface area contributed by atoms with Gasteiger partial charge in [-0.25, -0.2) is 14.8 Å². The van der Waals surface area contributed by atoms with Crippen LogP contribution in [-0.2, 0) is 16.0 Å². The third-order valence-corrected chi connectivity index (χ3v) is 4.92. The van der Waals surface area contributed by atoms with Gasteiger partial charge in [0.15, 0.2) is 17.7 Å². The predicted octanol–water partition coefficient (Wildman–Crippen LogP) is 5.57. The highest BCUT2D eigenvalue weighted by atomic mass is 16.5. The monoisotopic (exact) mass is 396 g/mol. The van der Waals surface area contributed by atoms with Gasteiger partial charge in [-0.1, -0.05) is 51.7 Å². The van der Waals surface area contributed by atoms with Crippen LogP contribution >= 0.6 is 0 Å². The number of unbranched alkanes of at least 4 members (excludes halogenated alkanes) is 4. The Balaban J connectivity index is 1.92. The summed E-state index contributed by atoms with van der Waals surface area (Å²) in [5, 5.41) is 0. The van der Waals surface area contributed by atoms with Crippen molar-refractivity contribution in [2.75, 3.05) is 0 Å². The molecule has 1 unspecified atom stereocenters. The van der Waals surface area contributed by atoms with Crippen molar-refractivity contribution in [3.05, 3.63) is 47.8 Å². The molecule has 1 aromatic heterocycles. The molecule has 0 amide bonds. The predicted molar refractivity (Wildman–Crippen MR) is 115 cm³/mol. The van der Waals surface area contributed by atoms with Gasteiger partial charge in [0.05, 0.1) is 5.56 Å². The quantitative estimate of drug-likeness (QED) is 0.346. The van der Waals surface area contributed by atoms with Crippen molar-refractivity contribution in [1.29, 1.82) is 0 Å². The number of hydrogen-bond acceptors (Lipinski definition) is 5. The minimum absolute atomic E-state index is 0.0417. The van der Waals surface area contributed by atoms with Gasteiger partial charge < -0.3 is 4.74 Å². The number of ketones is 1. The molecule has 0 N–H and O–H groups in total. The maximum Gasteiger partial charge on any atom is 0.338 e. The molecule has 2 aromatic rings.